The lowest BCUT2D eigenvalue weighted by Crippen LogP contribution is -1.91. The molecule has 0 unspecified atom stereocenters. The maximum atomic E-state index is 10.8. The monoisotopic (exact) mass is 198 g/mol. The van der Waals surface area contributed by atoms with Gasteiger partial charge >= 0.3 is 0 Å². The minimum Gasteiger partial charge on any atom is -0.298 e. The highest BCUT2D eigenvalue weighted by atomic mass is 16.1. The molecule has 0 radical (unpaired) electrons. The van der Waals surface area contributed by atoms with Crippen molar-refractivity contribution in [3.63, 3.8) is 0 Å². The predicted molar refractivity (Wildman–Crippen MR) is 57.6 cm³/mol. The van der Waals surface area contributed by atoms with Crippen LogP contribution in [-0.4, -0.2) is 16.3 Å². The highest BCUT2D eigenvalue weighted by Crippen LogP contribution is 2.18. The molecule has 0 aliphatic carbocycles. The third-order valence-corrected chi connectivity index (χ3v) is 2.15. The van der Waals surface area contributed by atoms with Crippen molar-refractivity contribution in [3.8, 4) is 11.3 Å². The van der Waals surface area contributed by atoms with E-state index >= 15 is 0 Å². The summed E-state index contributed by atoms with van der Waals surface area (Å²) in [7, 11) is 0. The fourth-order valence-corrected chi connectivity index (χ4v) is 1.36. The van der Waals surface area contributed by atoms with Crippen LogP contribution in [-0.2, 0) is 0 Å². The molecule has 0 saturated heterocycles. The summed E-state index contributed by atoms with van der Waals surface area (Å²) in [6.07, 6.45) is 4.20. The summed E-state index contributed by atoms with van der Waals surface area (Å²) in [5, 5.41) is 0. The van der Waals surface area contributed by atoms with Crippen LogP contribution in [0.25, 0.3) is 11.3 Å². The Labute approximate surface area is 87.8 Å². The van der Waals surface area contributed by atoms with E-state index in [1.807, 2.05) is 19.1 Å². The molecule has 3 heteroatoms. The van der Waals surface area contributed by atoms with Gasteiger partial charge in [-0.05, 0) is 31.2 Å². The van der Waals surface area contributed by atoms with Crippen LogP contribution in [0, 0.1) is 6.92 Å². The highest BCUT2D eigenvalue weighted by molar-refractivity contribution is 5.85. The molecular formula is C12H10N2O. The van der Waals surface area contributed by atoms with Gasteiger partial charge in [0.1, 0.15) is 0 Å². The number of carbonyl (C=O) groups is 1. The number of hydrogen-bond acceptors (Lipinski definition) is 3. The van der Waals surface area contributed by atoms with Crippen LogP contribution in [0.3, 0.4) is 0 Å². The minimum atomic E-state index is 0.586. The van der Waals surface area contributed by atoms with E-state index in [0.29, 0.717) is 11.3 Å². The van der Waals surface area contributed by atoms with Gasteiger partial charge in [-0.3, -0.25) is 14.8 Å². The van der Waals surface area contributed by atoms with Gasteiger partial charge in [0, 0.05) is 29.2 Å². The normalized spacial score (nSPS) is 9.93. The summed E-state index contributed by atoms with van der Waals surface area (Å²) < 4.78 is 0. The number of hydrogen-bond donors (Lipinski definition) is 0. The maximum Gasteiger partial charge on any atom is 0.152 e. The molecule has 0 aliphatic rings. The molecule has 0 aliphatic heterocycles. The van der Waals surface area contributed by atoms with Crippen LogP contribution >= 0.6 is 0 Å². The fourth-order valence-electron chi connectivity index (χ4n) is 1.36. The van der Waals surface area contributed by atoms with Crippen molar-refractivity contribution in [1.82, 2.24) is 9.97 Å². The van der Waals surface area contributed by atoms with Gasteiger partial charge in [0.2, 0.25) is 0 Å². The smallest absolute Gasteiger partial charge is 0.152 e. The van der Waals surface area contributed by atoms with Gasteiger partial charge in [-0.1, -0.05) is 0 Å². The quantitative estimate of drug-likeness (QED) is 0.695. The van der Waals surface area contributed by atoms with E-state index in [1.165, 1.54) is 0 Å². The molecule has 74 valence electrons. The van der Waals surface area contributed by atoms with Crippen LogP contribution in [0.5, 0.6) is 0 Å². The lowest BCUT2D eigenvalue weighted by atomic mass is 10.1. The second-order valence-electron chi connectivity index (χ2n) is 3.25. The maximum absolute atomic E-state index is 10.8. The zero-order valence-corrected chi connectivity index (χ0v) is 8.34. The number of rotatable bonds is 2. The number of nitrogens with zero attached hydrogens (tertiary/aromatic N) is 2. The fraction of sp³-hybridized carbons (Fsp3) is 0.0833. The summed E-state index contributed by atoms with van der Waals surface area (Å²) in [5.74, 6) is 0. The average Bonchev–Trinajstić information content (AvgIpc) is 2.30. The molecule has 2 aromatic rings. The second kappa shape index (κ2) is 4.00. The van der Waals surface area contributed by atoms with E-state index in [-0.39, 0.29) is 0 Å². The van der Waals surface area contributed by atoms with Crippen molar-refractivity contribution >= 4 is 6.29 Å². The Bertz CT molecular complexity index is 477. The molecule has 2 rings (SSSR count). The van der Waals surface area contributed by atoms with E-state index in [2.05, 4.69) is 9.97 Å². The third-order valence-electron chi connectivity index (χ3n) is 2.15. The van der Waals surface area contributed by atoms with Crippen molar-refractivity contribution < 1.29 is 4.79 Å². The van der Waals surface area contributed by atoms with Crippen molar-refractivity contribution in [1.29, 1.82) is 0 Å². The van der Waals surface area contributed by atoms with Gasteiger partial charge in [-0.15, -0.1) is 0 Å². The summed E-state index contributed by atoms with van der Waals surface area (Å²) in [6.45, 7) is 1.92. The predicted octanol–water partition coefficient (Wildman–Crippen LogP) is 2.26. The zero-order chi connectivity index (χ0) is 10.7. The van der Waals surface area contributed by atoms with Gasteiger partial charge in [0.05, 0.1) is 5.69 Å². The molecule has 0 amide bonds. The van der Waals surface area contributed by atoms with Gasteiger partial charge in [0.15, 0.2) is 6.29 Å². The Kier molecular flexibility index (Phi) is 2.54. The topological polar surface area (TPSA) is 42.9 Å². The van der Waals surface area contributed by atoms with Crippen molar-refractivity contribution in [2.75, 3.05) is 0 Å². The molecule has 0 N–H and O–H groups in total. The number of aldehydes is 1. The van der Waals surface area contributed by atoms with E-state index in [9.17, 15) is 4.79 Å². The Hall–Kier alpha value is -2.03. The Balaban J connectivity index is 2.53. The van der Waals surface area contributed by atoms with Crippen LogP contribution in [0.15, 0.2) is 36.7 Å². The summed E-state index contributed by atoms with van der Waals surface area (Å²) in [4.78, 5) is 19.2. The molecule has 0 saturated carbocycles. The Morgan fingerprint density at radius 3 is 2.73 bits per heavy atom. The number of aromatic nitrogens is 2. The molecule has 2 heterocycles. The van der Waals surface area contributed by atoms with Crippen LogP contribution < -0.4 is 0 Å². The molecule has 0 spiro atoms. The first-order valence-electron chi connectivity index (χ1n) is 4.64. The minimum absolute atomic E-state index is 0.586. The van der Waals surface area contributed by atoms with Crippen molar-refractivity contribution in [2.24, 2.45) is 0 Å². The Morgan fingerprint density at radius 2 is 2.07 bits per heavy atom. The molecule has 0 fully saturated rings. The molecule has 3 nitrogen and oxygen atoms in total. The first-order valence-corrected chi connectivity index (χ1v) is 4.64. The standard InChI is InChI=1S/C12H10N2O/c1-9-4-5-10(7-14-9)12-11(8-15)3-2-6-13-12/h2-8H,1H3. The molecule has 0 aromatic carbocycles. The van der Waals surface area contributed by atoms with Gasteiger partial charge in [-0.25, -0.2) is 0 Å². The summed E-state index contributed by atoms with van der Waals surface area (Å²) in [6, 6.07) is 7.31. The highest BCUT2D eigenvalue weighted by Gasteiger charge is 2.04. The molecule has 2 aromatic heterocycles. The lowest BCUT2D eigenvalue weighted by molar-refractivity contribution is 0.112. The van der Waals surface area contributed by atoms with Crippen LogP contribution in [0.4, 0.5) is 0 Å². The lowest BCUT2D eigenvalue weighted by Gasteiger charge is -2.02. The number of carbonyl (C=O) groups excluding carboxylic acids is 1. The van der Waals surface area contributed by atoms with E-state index < -0.39 is 0 Å². The molecule has 15 heavy (non-hydrogen) atoms. The van der Waals surface area contributed by atoms with Gasteiger partial charge in [-0.2, -0.15) is 0 Å². The summed E-state index contributed by atoms with van der Waals surface area (Å²) in [5.41, 5.74) is 3.08. The Morgan fingerprint density at radius 1 is 1.20 bits per heavy atom. The first-order chi connectivity index (χ1) is 7.31. The third kappa shape index (κ3) is 1.91. The molecule has 0 bridgehead atoms. The zero-order valence-electron chi connectivity index (χ0n) is 8.34. The van der Waals surface area contributed by atoms with Crippen LogP contribution in [0.2, 0.25) is 0 Å². The van der Waals surface area contributed by atoms with E-state index in [4.69, 9.17) is 0 Å². The number of pyridine rings is 2. The van der Waals surface area contributed by atoms with Crippen molar-refractivity contribution in [2.45, 2.75) is 6.92 Å². The summed E-state index contributed by atoms with van der Waals surface area (Å²) >= 11 is 0. The largest absolute Gasteiger partial charge is 0.298 e. The SMILES string of the molecule is Cc1ccc(-c2ncccc2C=O)cn1. The van der Waals surface area contributed by atoms with Gasteiger partial charge < -0.3 is 0 Å². The van der Waals surface area contributed by atoms with Crippen LogP contribution in [0.1, 0.15) is 16.1 Å². The second-order valence-corrected chi connectivity index (χ2v) is 3.25. The number of aryl methyl sites for hydroxylation is 1. The van der Waals surface area contributed by atoms with E-state index in [1.54, 1.807) is 24.5 Å². The van der Waals surface area contributed by atoms with E-state index in [0.717, 1.165) is 17.5 Å². The molecular weight excluding hydrogens is 188 g/mol. The van der Waals surface area contributed by atoms with Crippen molar-refractivity contribution in [3.05, 3.63) is 47.9 Å². The van der Waals surface area contributed by atoms with Gasteiger partial charge in [0.25, 0.3) is 0 Å². The first kappa shape index (κ1) is 9.52. The molecule has 0 atom stereocenters. The average molecular weight is 198 g/mol.